The second-order valence-corrected chi connectivity index (χ2v) is 7.29. The van der Waals surface area contributed by atoms with Crippen LogP contribution in [-0.4, -0.2) is 62.1 Å². The minimum absolute atomic E-state index is 0.0346. The van der Waals surface area contributed by atoms with Crippen LogP contribution in [0.5, 0.6) is 11.5 Å². The predicted octanol–water partition coefficient (Wildman–Crippen LogP) is 3.04. The van der Waals surface area contributed by atoms with Crippen LogP contribution >= 0.6 is 0 Å². The Balaban J connectivity index is 1.64. The molecular formula is C20H30N2O3. The van der Waals surface area contributed by atoms with Crippen molar-refractivity contribution in [3.05, 3.63) is 23.8 Å². The number of rotatable bonds is 4. The first-order valence-electron chi connectivity index (χ1n) is 9.38. The number of methoxy groups -OCH3 is 2. The Hall–Kier alpha value is -1.75. The zero-order valence-electron chi connectivity index (χ0n) is 15.7. The monoisotopic (exact) mass is 346 g/mol. The summed E-state index contributed by atoms with van der Waals surface area (Å²) in [6, 6.07) is 6.18. The Kier molecular flexibility index (Phi) is 5.84. The van der Waals surface area contributed by atoms with Gasteiger partial charge in [0.2, 0.25) is 0 Å². The maximum absolute atomic E-state index is 13.0. The number of carbonyl (C=O) groups is 1. The van der Waals surface area contributed by atoms with Gasteiger partial charge < -0.3 is 14.4 Å². The highest BCUT2D eigenvalue weighted by molar-refractivity contribution is 5.97. The Morgan fingerprint density at radius 2 is 1.84 bits per heavy atom. The van der Waals surface area contributed by atoms with E-state index in [1.54, 1.807) is 14.2 Å². The number of piperazine rings is 1. The number of amides is 1. The van der Waals surface area contributed by atoms with Crippen LogP contribution in [0.2, 0.25) is 0 Å². The Morgan fingerprint density at radius 3 is 2.48 bits per heavy atom. The van der Waals surface area contributed by atoms with Crippen molar-refractivity contribution >= 4 is 5.91 Å². The molecule has 0 aromatic heterocycles. The van der Waals surface area contributed by atoms with E-state index >= 15 is 0 Å². The van der Waals surface area contributed by atoms with E-state index in [1.165, 1.54) is 25.7 Å². The van der Waals surface area contributed by atoms with Crippen LogP contribution in [0.25, 0.3) is 0 Å². The molecule has 1 aliphatic heterocycles. The fourth-order valence-corrected chi connectivity index (χ4v) is 4.25. The summed E-state index contributed by atoms with van der Waals surface area (Å²) in [5.41, 5.74) is 0.585. The van der Waals surface area contributed by atoms with Crippen LogP contribution in [0.4, 0.5) is 0 Å². The Morgan fingerprint density at radius 1 is 1.08 bits per heavy atom. The van der Waals surface area contributed by atoms with Gasteiger partial charge >= 0.3 is 0 Å². The topological polar surface area (TPSA) is 42.0 Å². The molecule has 25 heavy (non-hydrogen) atoms. The zero-order chi connectivity index (χ0) is 17.8. The summed E-state index contributed by atoms with van der Waals surface area (Å²) >= 11 is 0. The van der Waals surface area contributed by atoms with Crippen molar-refractivity contribution in [1.82, 2.24) is 9.80 Å². The van der Waals surface area contributed by atoms with Crippen molar-refractivity contribution in [3.63, 3.8) is 0 Å². The third kappa shape index (κ3) is 3.92. The SMILES string of the molecule is COc1cccc(C(=O)N2CCN([C@@H]3CCC[C@H](C)C3)CC2)c1OC. The quantitative estimate of drug-likeness (QED) is 0.840. The number of ether oxygens (including phenoxy) is 2. The average Bonchev–Trinajstić information content (AvgIpc) is 2.66. The number of nitrogens with zero attached hydrogens (tertiary/aromatic N) is 2. The van der Waals surface area contributed by atoms with Gasteiger partial charge in [-0.15, -0.1) is 0 Å². The third-order valence-electron chi connectivity index (χ3n) is 5.66. The highest BCUT2D eigenvalue weighted by atomic mass is 16.5. The molecule has 1 aromatic carbocycles. The minimum atomic E-state index is 0.0346. The standard InChI is InChI=1S/C20H30N2O3/c1-15-6-4-7-16(14-15)21-10-12-22(13-11-21)20(23)17-8-5-9-18(24-2)19(17)25-3/h5,8-9,15-16H,4,6-7,10-14H2,1-3H3/t15-,16+/m0/s1. The lowest BCUT2D eigenvalue weighted by molar-refractivity contribution is 0.0486. The first-order chi connectivity index (χ1) is 12.1. The van der Waals surface area contributed by atoms with E-state index in [2.05, 4.69) is 11.8 Å². The lowest BCUT2D eigenvalue weighted by atomic mass is 9.86. The first-order valence-corrected chi connectivity index (χ1v) is 9.38. The Labute approximate surface area is 150 Å². The van der Waals surface area contributed by atoms with Gasteiger partial charge in [-0.05, 0) is 30.9 Å². The maximum Gasteiger partial charge on any atom is 0.257 e. The fourth-order valence-electron chi connectivity index (χ4n) is 4.25. The van der Waals surface area contributed by atoms with Crippen molar-refractivity contribution in [2.24, 2.45) is 5.92 Å². The highest BCUT2D eigenvalue weighted by Gasteiger charge is 2.30. The minimum Gasteiger partial charge on any atom is -0.493 e. The summed E-state index contributed by atoms with van der Waals surface area (Å²) in [5.74, 6) is 1.99. The molecule has 2 atom stereocenters. The lowest BCUT2D eigenvalue weighted by Crippen LogP contribution is -2.52. The van der Waals surface area contributed by atoms with E-state index < -0.39 is 0 Å². The maximum atomic E-state index is 13.0. The van der Waals surface area contributed by atoms with Gasteiger partial charge in [-0.3, -0.25) is 9.69 Å². The smallest absolute Gasteiger partial charge is 0.257 e. The van der Waals surface area contributed by atoms with E-state index in [1.807, 2.05) is 23.1 Å². The molecule has 1 aliphatic carbocycles. The molecule has 138 valence electrons. The van der Waals surface area contributed by atoms with E-state index in [4.69, 9.17) is 9.47 Å². The lowest BCUT2D eigenvalue weighted by Gasteiger charge is -2.42. The molecule has 0 spiro atoms. The van der Waals surface area contributed by atoms with Gasteiger partial charge in [0.1, 0.15) is 0 Å². The average molecular weight is 346 g/mol. The number of hydrogen-bond acceptors (Lipinski definition) is 4. The molecule has 0 bridgehead atoms. The van der Waals surface area contributed by atoms with Crippen molar-refractivity contribution in [2.45, 2.75) is 38.6 Å². The molecule has 1 saturated carbocycles. The van der Waals surface area contributed by atoms with Crippen molar-refractivity contribution < 1.29 is 14.3 Å². The molecule has 5 heteroatoms. The van der Waals surface area contributed by atoms with Gasteiger partial charge in [-0.25, -0.2) is 0 Å². The molecule has 2 fully saturated rings. The highest BCUT2D eigenvalue weighted by Crippen LogP contribution is 2.32. The molecule has 3 rings (SSSR count). The van der Waals surface area contributed by atoms with Gasteiger partial charge in [0, 0.05) is 32.2 Å². The van der Waals surface area contributed by atoms with Crippen molar-refractivity contribution in [1.29, 1.82) is 0 Å². The molecule has 1 amide bonds. The summed E-state index contributed by atoms with van der Waals surface area (Å²) in [5, 5.41) is 0. The summed E-state index contributed by atoms with van der Waals surface area (Å²) < 4.78 is 10.7. The molecule has 5 nitrogen and oxygen atoms in total. The zero-order valence-corrected chi connectivity index (χ0v) is 15.7. The Bertz CT molecular complexity index is 597. The number of hydrogen-bond donors (Lipinski definition) is 0. The molecule has 0 unspecified atom stereocenters. The summed E-state index contributed by atoms with van der Waals surface area (Å²) in [7, 11) is 3.17. The number of carbonyl (C=O) groups excluding carboxylic acids is 1. The second-order valence-electron chi connectivity index (χ2n) is 7.29. The summed E-state index contributed by atoms with van der Waals surface area (Å²) in [6.45, 7) is 5.86. The molecular weight excluding hydrogens is 316 g/mol. The van der Waals surface area contributed by atoms with Crippen LogP contribution in [-0.2, 0) is 0 Å². The van der Waals surface area contributed by atoms with Crippen molar-refractivity contribution in [3.8, 4) is 11.5 Å². The first kappa shape index (κ1) is 18.1. The van der Waals surface area contributed by atoms with Gasteiger partial charge in [0.25, 0.3) is 5.91 Å². The van der Waals surface area contributed by atoms with E-state index in [0.29, 0.717) is 23.1 Å². The largest absolute Gasteiger partial charge is 0.493 e. The second kappa shape index (κ2) is 8.09. The van der Waals surface area contributed by atoms with E-state index in [-0.39, 0.29) is 5.91 Å². The predicted molar refractivity (Wildman–Crippen MR) is 98.4 cm³/mol. The summed E-state index contributed by atoms with van der Waals surface area (Å²) in [6.07, 6.45) is 5.32. The molecule has 0 radical (unpaired) electrons. The van der Waals surface area contributed by atoms with E-state index in [9.17, 15) is 4.79 Å². The fraction of sp³-hybridized carbons (Fsp3) is 0.650. The van der Waals surface area contributed by atoms with Crippen LogP contribution < -0.4 is 9.47 Å². The molecule has 1 aromatic rings. The van der Waals surface area contributed by atoms with Crippen LogP contribution in [0.3, 0.4) is 0 Å². The van der Waals surface area contributed by atoms with Gasteiger partial charge in [0.15, 0.2) is 11.5 Å². The summed E-state index contributed by atoms with van der Waals surface area (Å²) in [4.78, 5) is 17.5. The van der Waals surface area contributed by atoms with Gasteiger partial charge in [-0.1, -0.05) is 25.8 Å². The van der Waals surface area contributed by atoms with Crippen LogP contribution in [0.15, 0.2) is 18.2 Å². The number of para-hydroxylation sites is 1. The van der Waals surface area contributed by atoms with Crippen LogP contribution in [0, 0.1) is 5.92 Å². The van der Waals surface area contributed by atoms with E-state index in [0.717, 1.165) is 32.1 Å². The van der Waals surface area contributed by atoms with Crippen molar-refractivity contribution in [2.75, 3.05) is 40.4 Å². The van der Waals surface area contributed by atoms with Gasteiger partial charge in [0.05, 0.1) is 19.8 Å². The molecule has 1 saturated heterocycles. The molecule has 1 heterocycles. The normalized spacial score (nSPS) is 24.8. The third-order valence-corrected chi connectivity index (χ3v) is 5.66. The number of benzene rings is 1. The van der Waals surface area contributed by atoms with Gasteiger partial charge in [-0.2, -0.15) is 0 Å². The molecule has 0 N–H and O–H groups in total. The van der Waals surface area contributed by atoms with Crippen LogP contribution in [0.1, 0.15) is 43.0 Å². The molecule has 2 aliphatic rings.